The van der Waals surface area contributed by atoms with Gasteiger partial charge in [0.15, 0.2) is 5.82 Å². The molecule has 8 heteroatoms. The van der Waals surface area contributed by atoms with Crippen LogP contribution in [0, 0.1) is 0 Å². The molecule has 0 aliphatic carbocycles. The molecule has 0 unspecified atom stereocenters. The largest absolute Gasteiger partial charge is 0.465 e. The Morgan fingerprint density at radius 2 is 2.00 bits per heavy atom. The topological polar surface area (TPSA) is 87.4 Å². The van der Waals surface area contributed by atoms with Crippen LogP contribution in [0.4, 0.5) is 10.6 Å². The van der Waals surface area contributed by atoms with Crippen molar-refractivity contribution in [1.82, 2.24) is 24.6 Å². The van der Waals surface area contributed by atoms with E-state index in [1.807, 2.05) is 42.6 Å². The van der Waals surface area contributed by atoms with Crippen molar-refractivity contribution in [3.63, 3.8) is 0 Å². The minimum absolute atomic E-state index is 0.0563. The fourth-order valence-electron chi connectivity index (χ4n) is 3.51. The van der Waals surface area contributed by atoms with E-state index in [-0.39, 0.29) is 6.04 Å². The number of hydrogen-bond donors (Lipinski definition) is 1. The lowest BCUT2D eigenvalue weighted by atomic mass is 10.0. The molecule has 3 heterocycles. The Labute approximate surface area is 163 Å². The van der Waals surface area contributed by atoms with Crippen LogP contribution < -0.4 is 4.90 Å². The molecule has 0 spiro atoms. The fraction of sp³-hybridized carbons (Fsp3) is 0.300. The van der Waals surface area contributed by atoms with Crippen LogP contribution in [0.1, 0.15) is 12.8 Å². The molecule has 28 heavy (non-hydrogen) atoms. The smallest absolute Gasteiger partial charge is 0.407 e. The number of carbonyl (C=O) groups is 1. The average molecular weight is 378 g/mol. The molecule has 0 bridgehead atoms. The molecule has 0 saturated carbocycles. The highest BCUT2D eigenvalue weighted by atomic mass is 16.4. The standard InChI is InChI=1S/C20H22N6O2/c1-24(20(27)28)16-7-12-25(13-8-16)18-6-10-21-19(23-18)15-4-2-5-17(14-15)26-11-3-9-22-26/h2-6,9-11,14,16H,7-8,12-13H2,1H3,(H,27,28). The molecule has 1 N–H and O–H groups in total. The van der Waals surface area contributed by atoms with Gasteiger partial charge in [0.2, 0.25) is 0 Å². The molecule has 1 amide bonds. The number of piperidine rings is 1. The molecule has 2 aromatic heterocycles. The number of rotatable bonds is 4. The number of aromatic nitrogens is 4. The first kappa shape index (κ1) is 18.0. The van der Waals surface area contributed by atoms with E-state index < -0.39 is 6.09 Å². The zero-order chi connectivity index (χ0) is 19.5. The van der Waals surface area contributed by atoms with Gasteiger partial charge in [0.1, 0.15) is 5.82 Å². The SMILES string of the molecule is CN(C(=O)O)C1CCN(c2ccnc(-c3cccc(-n4cccn4)c3)n2)CC1. The number of amides is 1. The van der Waals surface area contributed by atoms with Gasteiger partial charge >= 0.3 is 6.09 Å². The molecular formula is C20H22N6O2. The third-order valence-electron chi connectivity index (χ3n) is 5.15. The van der Waals surface area contributed by atoms with Crippen LogP contribution in [0.3, 0.4) is 0 Å². The van der Waals surface area contributed by atoms with Gasteiger partial charge in [-0.3, -0.25) is 0 Å². The van der Waals surface area contributed by atoms with Gasteiger partial charge in [-0.25, -0.2) is 19.4 Å². The Morgan fingerprint density at radius 1 is 1.18 bits per heavy atom. The van der Waals surface area contributed by atoms with E-state index in [0.717, 1.165) is 43.0 Å². The average Bonchev–Trinajstić information content (AvgIpc) is 3.28. The second-order valence-electron chi connectivity index (χ2n) is 6.85. The lowest BCUT2D eigenvalue weighted by Gasteiger charge is -2.36. The summed E-state index contributed by atoms with van der Waals surface area (Å²) in [5.41, 5.74) is 1.88. The Balaban J connectivity index is 1.52. The van der Waals surface area contributed by atoms with Crippen LogP contribution in [0.5, 0.6) is 0 Å². The molecule has 1 aliphatic rings. The summed E-state index contributed by atoms with van der Waals surface area (Å²) in [6.07, 6.45) is 6.12. The van der Waals surface area contributed by atoms with Gasteiger partial charge < -0.3 is 14.9 Å². The molecule has 1 aliphatic heterocycles. The number of carboxylic acid groups (broad SMARTS) is 1. The number of hydrogen-bond acceptors (Lipinski definition) is 5. The summed E-state index contributed by atoms with van der Waals surface area (Å²) in [5, 5.41) is 13.4. The van der Waals surface area contributed by atoms with E-state index >= 15 is 0 Å². The summed E-state index contributed by atoms with van der Waals surface area (Å²) in [4.78, 5) is 23.9. The van der Waals surface area contributed by atoms with Gasteiger partial charge in [0.25, 0.3) is 0 Å². The lowest BCUT2D eigenvalue weighted by Crippen LogP contribution is -2.45. The van der Waals surface area contributed by atoms with E-state index in [2.05, 4.69) is 15.0 Å². The highest BCUT2D eigenvalue weighted by molar-refractivity contribution is 5.65. The van der Waals surface area contributed by atoms with Crippen molar-refractivity contribution in [1.29, 1.82) is 0 Å². The second-order valence-corrected chi connectivity index (χ2v) is 6.85. The molecule has 1 aromatic carbocycles. The van der Waals surface area contributed by atoms with Crippen molar-refractivity contribution in [3.8, 4) is 17.1 Å². The van der Waals surface area contributed by atoms with E-state index in [1.54, 1.807) is 24.1 Å². The second kappa shape index (κ2) is 7.67. The molecule has 1 saturated heterocycles. The van der Waals surface area contributed by atoms with Crippen LogP contribution >= 0.6 is 0 Å². The maximum atomic E-state index is 11.1. The lowest BCUT2D eigenvalue weighted by molar-refractivity contribution is 0.131. The Morgan fingerprint density at radius 3 is 2.71 bits per heavy atom. The highest BCUT2D eigenvalue weighted by Crippen LogP contribution is 2.24. The number of anilines is 1. The summed E-state index contributed by atoms with van der Waals surface area (Å²) in [5.74, 6) is 1.53. The summed E-state index contributed by atoms with van der Waals surface area (Å²) in [7, 11) is 1.64. The number of benzene rings is 1. The molecule has 144 valence electrons. The zero-order valence-corrected chi connectivity index (χ0v) is 15.6. The van der Waals surface area contributed by atoms with Crippen LogP contribution in [0.15, 0.2) is 55.0 Å². The first-order valence-corrected chi connectivity index (χ1v) is 9.26. The predicted molar refractivity (Wildman–Crippen MR) is 106 cm³/mol. The Hall–Kier alpha value is -3.42. The normalized spacial score (nSPS) is 14.8. The fourth-order valence-corrected chi connectivity index (χ4v) is 3.51. The third kappa shape index (κ3) is 3.66. The summed E-state index contributed by atoms with van der Waals surface area (Å²) in [6, 6.07) is 11.8. The summed E-state index contributed by atoms with van der Waals surface area (Å²) >= 11 is 0. The monoisotopic (exact) mass is 378 g/mol. The van der Waals surface area contributed by atoms with Crippen molar-refractivity contribution in [2.24, 2.45) is 0 Å². The van der Waals surface area contributed by atoms with Crippen molar-refractivity contribution in [3.05, 3.63) is 55.0 Å². The molecule has 0 atom stereocenters. The highest BCUT2D eigenvalue weighted by Gasteiger charge is 2.25. The molecule has 3 aromatic rings. The minimum Gasteiger partial charge on any atom is -0.465 e. The molecule has 8 nitrogen and oxygen atoms in total. The van der Waals surface area contributed by atoms with E-state index in [4.69, 9.17) is 10.1 Å². The van der Waals surface area contributed by atoms with Gasteiger partial charge in [-0.2, -0.15) is 5.10 Å². The summed E-state index contributed by atoms with van der Waals surface area (Å²) in [6.45, 7) is 1.54. The number of nitrogens with zero attached hydrogens (tertiary/aromatic N) is 6. The summed E-state index contributed by atoms with van der Waals surface area (Å²) < 4.78 is 1.80. The minimum atomic E-state index is -0.875. The van der Waals surface area contributed by atoms with Gasteiger partial charge in [-0.15, -0.1) is 0 Å². The van der Waals surface area contributed by atoms with Crippen molar-refractivity contribution in [2.45, 2.75) is 18.9 Å². The third-order valence-corrected chi connectivity index (χ3v) is 5.15. The van der Waals surface area contributed by atoms with E-state index in [0.29, 0.717) is 5.82 Å². The van der Waals surface area contributed by atoms with E-state index in [1.165, 1.54) is 4.90 Å². The van der Waals surface area contributed by atoms with Gasteiger partial charge in [-0.1, -0.05) is 12.1 Å². The first-order valence-electron chi connectivity index (χ1n) is 9.26. The quantitative estimate of drug-likeness (QED) is 0.751. The maximum absolute atomic E-state index is 11.1. The van der Waals surface area contributed by atoms with Crippen molar-refractivity contribution in [2.75, 3.05) is 25.0 Å². The van der Waals surface area contributed by atoms with Crippen molar-refractivity contribution < 1.29 is 9.90 Å². The Kier molecular flexibility index (Phi) is 4.92. The molecular weight excluding hydrogens is 356 g/mol. The van der Waals surface area contributed by atoms with Gasteiger partial charge in [0, 0.05) is 50.3 Å². The molecule has 4 rings (SSSR count). The maximum Gasteiger partial charge on any atom is 0.407 e. The van der Waals surface area contributed by atoms with Crippen LogP contribution in [0.2, 0.25) is 0 Å². The first-order chi connectivity index (χ1) is 13.6. The predicted octanol–water partition coefficient (Wildman–Crippen LogP) is 2.91. The van der Waals surface area contributed by atoms with Crippen LogP contribution in [-0.4, -0.2) is 62.0 Å². The molecule has 1 fully saturated rings. The van der Waals surface area contributed by atoms with Crippen molar-refractivity contribution >= 4 is 11.9 Å². The van der Waals surface area contributed by atoms with Crippen LogP contribution in [-0.2, 0) is 0 Å². The zero-order valence-electron chi connectivity index (χ0n) is 15.6. The molecule has 0 radical (unpaired) electrons. The van der Waals surface area contributed by atoms with Gasteiger partial charge in [-0.05, 0) is 37.1 Å². The van der Waals surface area contributed by atoms with E-state index in [9.17, 15) is 4.79 Å². The van der Waals surface area contributed by atoms with Crippen LogP contribution in [0.25, 0.3) is 17.1 Å². The Bertz CT molecular complexity index is 951. The van der Waals surface area contributed by atoms with Gasteiger partial charge in [0.05, 0.1) is 5.69 Å².